The van der Waals surface area contributed by atoms with E-state index in [1.165, 1.54) is 12.3 Å². The van der Waals surface area contributed by atoms with Crippen molar-refractivity contribution in [2.45, 2.75) is 25.5 Å². The Morgan fingerprint density at radius 2 is 2.44 bits per heavy atom. The molecule has 0 saturated carbocycles. The number of hydrogen-bond acceptors (Lipinski definition) is 3. The normalized spacial score (nSPS) is 19.9. The summed E-state index contributed by atoms with van der Waals surface area (Å²) in [6.07, 6.45) is 5.11. The van der Waals surface area contributed by atoms with Crippen LogP contribution in [0.25, 0.3) is 0 Å². The zero-order valence-corrected chi connectivity index (χ0v) is 8.76. The van der Waals surface area contributed by atoms with Crippen LogP contribution in [0.2, 0.25) is 0 Å². The van der Waals surface area contributed by atoms with Gasteiger partial charge in [-0.05, 0) is 12.8 Å². The van der Waals surface area contributed by atoms with Crippen molar-refractivity contribution in [3.05, 3.63) is 34.2 Å². The summed E-state index contributed by atoms with van der Waals surface area (Å²) in [6.45, 7) is 1.36. The average molecular weight is 223 g/mol. The van der Waals surface area contributed by atoms with E-state index in [-0.39, 0.29) is 11.7 Å². The zero-order chi connectivity index (χ0) is 11.5. The molecule has 5 nitrogen and oxygen atoms in total. The van der Waals surface area contributed by atoms with Gasteiger partial charge in [0.1, 0.15) is 5.56 Å². The molecule has 1 aromatic heterocycles. The summed E-state index contributed by atoms with van der Waals surface area (Å²) in [5, 5.41) is 8.81. The zero-order valence-electron chi connectivity index (χ0n) is 8.76. The minimum atomic E-state index is -1.19. The molecule has 86 valence electrons. The second kappa shape index (κ2) is 4.49. The Morgan fingerprint density at radius 3 is 3.06 bits per heavy atom. The number of aromatic carboxylic acids is 1. The van der Waals surface area contributed by atoms with Gasteiger partial charge >= 0.3 is 5.97 Å². The first kappa shape index (κ1) is 10.9. The fourth-order valence-corrected chi connectivity index (χ4v) is 1.82. The Labute approximate surface area is 92.3 Å². The van der Waals surface area contributed by atoms with Crippen molar-refractivity contribution in [1.82, 2.24) is 4.57 Å². The van der Waals surface area contributed by atoms with Gasteiger partial charge in [0.15, 0.2) is 5.43 Å². The molecule has 1 fully saturated rings. The molecule has 1 unspecified atom stereocenters. The van der Waals surface area contributed by atoms with Crippen LogP contribution >= 0.6 is 0 Å². The van der Waals surface area contributed by atoms with Crippen molar-refractivity contribution in [2.75, 3.05) is 6.61 Å². The standard InChI is InChI=1S/C11H13NO4/c13-10-3-4-12(7-9(10)11(14)15)6-8-2-1-5-16-8/h3-4,7-8H,1-2,5-6H2,(H,14,15). The van der Waals surface area contributed by atoms with Crippen LogP contribution in [-0.2, 0) is 11.3 Å². The number of carboxylic acid groups (broad SMARTS) is 1. The first-order valence-corrected chi connectivity index (χ1v) is 5.22. The number of rotatable bonds is 3. The monoisotopic (exact) mass is 223 g/mol. The van der Waals surface area contributed by atoms with Gasteiger partial charge in [0.2, 0.25) is 0 Å². The van der Waals surface area contributed by atoms with Crippen LogP contribution in [0, 0.1) is 0 Å². The highest BCUT2D eigenvalue weighted by Gasteiger charge is 2.16. The van der Waals surface area contributed by atoms with E-state index in [0.29, 0.717) is 6.54 Å². The molecule has 0 spiro atoms. The number of nitrogens with zero attached hydrogens (tertiary/aromatic N) is 1. The average Bonchev–Trinajstić information content (AvgIpc) is 2.73. The molecule has 5 heteroatoms. The predicted molar refractivity (Wildman–Crippen MR) is 56.6 cm³/mol. The molecule has 0 amide bonds. The highest BCUT2D eigenvalue weighted by atomic mass is 16.5. The smallest absolute Gasteiger partial charge is 0.341 e. The molecule has 16 heavy (non-hydrogen) atoms. The maximum absolute atomic E-state index is 11.2. The van der Waals surface area contributed by atoms with E-state index in [4.69, 9.17) is 9.84 Å². The molecular weight excluding hydrogens is 210 g/mol. The highest BCUT2D eigenvalue weighted by Crippen LogP contribution is 2.13. The van der Waals surface area contributed by atoms with E-state index in [1.54, 1.807) is 10.8 Å². The van der Waals surface area contributed by atoms with E-state index >= 15 is 0 Å². The number of aromatic nitrogens is 1. The Bertz CT molecular complexity index is 446. The van der Waals surface area contributed by atoms with Gasteiger partial charge in [-0.15, -0.1) is 0 Å². The third kappa shape index (κ3) is 2.30. The third-order valence-electron chi connectivity index (χ3n) is 2.65. The minimum absolute atomic E-state index is 0.129. The highest BCUT2D eigenvalue weighted by molar-refractivity contribution is 5.86. The van der Waals surface area contributed by atoms with Gasteiger partial charge in [0, 0.05) is 31.6 Å². The molecule has 2 rings (SSSR count). The summed E-state index contributed by atoms with van der Waals surface area (Å²) in [4.78, 5) is 22.0. The Balaban J connectivity index is 2.18. The predicted octanol–water partition coefficient (Wildman–Crippen LogP) is 0.726. The topological polar surface area (TPSA) is 68.5 Å². The van der Waals surface area contributed by atoms with Gasteiger partial charge in [-0.25, -0.2) is 4.79 Å². The lowest BCUT2D eigenvalue weighted by Gasteiger charge is -2.12. The van der Waals surface area contributed by atoms with E-state index in [2.05, 4.69) is 0 Å². The van der Waals surface area contributed by atoms with Gasteiger partial charge in [-0.1, -0.05) is 0 Å². The van der Waals surface area contributed by atoms with E-state index < -0.39 is 11.4 Å². The largest absolute Gasteiger partial charge is 0.477 e. The molecule has 0 aromatic carbocycles. The van der Waals surface area contributed by atoms with Crippen LogP contribution in [0.1, 0.15) is 23.2 Å². The fraction of sp³-hybridized carbons (Fsp3) is 0.455. The van der Waals surface area contributed by atoms with Crippen LogP contribution in [0.3, 0.4) is 0 Å². The number of hydrogen-bond donors (Lipinski definition) is 1. The summed E-state index contributed by atoms with van der Waals surface area (Å²) in [5.41, 5.74) is -0.656. The van der Waals surface area contributed by atoms with Crippen LogP contribution in [0.15, 0.2) is 23.3 Å². The molecule has 1 saturated heterocycles. The van der Waals surface area contributed by atoms with E-state index in [1.807, 2.05) is 0 Å². The molecule has 1 atom stereocenters. The first-order valence-electron chi connectivity index (χ1n) is 5.22. The Hall–Kier alpha value is -1.62. The number of carbonyl (C=O) groups is 1. The van der Waals surface area contributed by atoms with Crippen molar-refractivity contribution in [3.63, 3.8) is 0 Å². The van der Waals surface area contributed by atoms with Crippen LogP contribution in [0.5, 0.6) is 0 Å². The molecule has 0 radical (unpaired) electrons. The number of carboxylic acids is 1. The van der Waals surface area contributed by atoms with Gasteiger partial charge in [-0.3, -0.25) is 4.79 Å². The van der Waals surface area contributed by atoms with Crippen LogP contribution in [-0.4, -0.2) is 28.4 Å². The van der Waals surface area contributed by atoms with Crippen molar-refractivity contribution in [3.8, 4) is 0 Å². The van der Waals surface area contributed by atoms with E-state index in [0.717, 1.165) is 19.4 Å². The second-order valence-corrected chi connectivity index (χ2v) is 3.86. The summed E-state index contributed by atoms with van der Waals surface area (Å²) < 4.78 is 7.14. The Morgan fingerprint density at radius 1 is 1.62 bits per heavy atom. The summed E-state index contributed by atoms with van der Waals surface area (Å²) in [7, 11) is 0. The van der Waals surface area contributed by atoms with Crippen molar-refractivity contribution < 1.29 is 14.6 Å². The van der Waals surface area contributed by atoms with Crippen LogP contribution in [0.4, 0.5) is 0 Å². The summed E-state index contributed by atoms with van der Waals surface area (Å²) in [5.74, 6) is -1.19. The minimum Gasteiger partial charge on any atom is -0.477 e. The maximum atomic E-state index is 11.2. The van der Waals surface area contributed by atoms with Gasteiger partial charge in [0.25, 0.3) is 0 Å². The van der Waals surface area contributed by atoms with Crippen LogP contribution < -0.4 is 5.43 Å². The maximum Gasteiger partial charge on any atom is 0.341 e. The quantitative estimate of drug-likeness (QED) is 0.820. The van der Waals surface area contributed by atoms with Gasteiger partial charge in [-0.2, -0.15) is 0 Å². The van der Waals surface area contributed by atoms with Crippen molar-refractivity contribution in [2.24, 2.45) is 0 Å². The molecule has 2 heterocycles. The second-order valence-electron chi connectivity index (χ2n) is 3.86. The lowest BCUT2D eigenvalue weighted by Crippen LogP contribution is -2.20. The lowest BCUT2D eigenvalue weighted by atomic mass is 10.2. The molecule has 0 bridgehead atoms. The molecule has 1 N–H and O–H groups in total. The molecule has 1 aliphatic heterocycles. The Kier molecular flexibility index (Phi) is 3.05. The summed E-state index contributed by atoms with van der Waals surface area (Å²) in [6, 6.07) is 1.28. The van der Waals surface area contributed by atoms with E-state index in [9.17, 15) is 9.59 Å². The number of pyridine rings is 1. The number of ether oxygens (including phenoxy) is 1. The summed E-state index contributed by atoms with van der Waals surface area (Å²) >= 11 is 0. The molecular formula is C11H13NO4. The fourth-order valence-electron chi connectivity index (χ4n) is 1.82. The van der Waals surface area contributed by atoms with Crippen molar-refractivity contribution in [1.29, 1.82) is 0 Å². The molecule has 1 aliphatic rings. The van der Waals surface area contributed by atoms with Gasteiger partial charge < -0.3 is 14.4 Å². The lowest BCUT2D eigenvalue weighted by molar-refractivity contribution is 0.0692. The van der Waals surface area contributed by atoms with Gasteiger partial charge in [0.05, 0.1) is 6.10 Å². The van der Waals surface area contributed by atoms with Crippen molar-refractivity contribution >= 4 is 5.97 Å². The SMILES string of the molecule is O=C(O)c1cn(CC2CCCO2)ccc1=O. The first-order chi connectivity index (χ1) is 7.66. The third-order valence-corrected chi connectivity index (χ3v) is 2.65. The molecule has 0 aliphatic carbocycles. The molecule has 1 aromatic rings.